The Morgan fingerprint density at radius 2 is 2.05 bits per heavy atom. The van der Waals surface area contributed by atoms with Crippen molar-refractivity contribution in [3.63, 3.8) is 0 Å². The first-order valence-corrected chi connectivity index (χ1v) is 6.92. The van der Waals surface area contributed by atoms with Gasteiger partial charge in [0.05, 0.1) is 0 Å². The summed E-state index contributed by atoms with van der Waals surface area (Å²) in [6, 6.07) is 13.7. The molecule has 5 heteroatoms. The van der Waals surface area contributed by atoms with Gasteiger partial charge in [0.15, 0.2) is 0 Å². The maximum Gasteiger partial charge on any atom is 0.267 e. The number of nitrogens with zero attached hydrogens (tertiary/aromatic N) is 1. The minimum absolute atomic E-state index is 0.278. The number of carbonyl (C=O) groups is 1. The van der Waals surface area contributed by atoms with Gasteiger partial charge >= 0.3 is 0 Å². The standard InChI is InChI=1S/C14H15N3OS/c15-14(18)13-10-11(6-7-17-13)16-8-9-19-12-4-2-1-3-5-12/h1-7,10H,8-9H2,(H2,15,18)(H,16,17). The summed E-state index contributed by atoms with van der Waals surface area (Å²) in [5, 5.41) is 3.24. The number of hydrogen-bond acceptors (Lipinski definition) is 4. The molecule has 4 nitrogen and oxygen atoms in total. The van der Waals surface area contributed by atoms with Crippen LogP contribution in [0.2, 0.25) is 0 Å². The predicted octanol–water partition coefficient (Wildman–Crippen LogP) is 2.38. The van der Waals surface area contributed by atoms with Gasteiger partial charge < -0.3 is 11.1 Å². The van der Waals surface area contributed by atoms with Crippen molar-refractivity contribution in [2.24, 2.45) is 5.73 Å². The fourth-order valence-corrected chi connectivity index (χ4v) is 2.35. The van der Waals surface area contributed by atoms with Crippen molar-refractivity contribution in [1.29, 1.82) is 0 Å². The minimum Gasteiger partial charge on any atom is -0.384 e. The number of pyridine rings is 1. The Hall–Kier alpha value is -2.01. The first-order chi connectivity index (χ1) is 9.25. The summed E-state index contributed by atoms with van der Waals surface area (Å²) in [6.07, 6.45) is 1.58. The summed E-state index contributed by atoms with van der Waals surface area (Å²) < 4.78 is 0. The van der Waals surface area contributed by atoms with Gasteiger partial charge in [0.25, 0.3) is 5.91 Å². The van der Waals surface area contributed by atoms with Crippen LogP contribution in [0.4, 0.5) is 5.69 Å². The zero-order valence-corrected chi connectivity index (χ0v) is 11.2. The molecular weight excluding hydrogens is 258 g/mol. The topological polar surface area (TPSA) is 68.0 Å². The molecule has 2 aromatic rings. The molecule has 0 saturated carbocycles. The van der Waals surface area contributed by atoms with E-state index in [1.165, 1.54) is 4.90 Å². The van der Waals surface area contributed by atoms with Crippen LogP contribution < -0.4 is 11.1 Å². The lowest BCUT2D eigenvalue weighted by Gasteiger charge is -2.06. The van der Waals surface area contributed by atoms with Crippen molar-refractivity contribution >= 4 is 23.4 Å². The third-order valence-electron chi connectivity index (χ3n) is 2.46. The van der Waals surface area contributed by atoms with E-state index in [0.717, 1.165) is 18.0 Å². The van der Waals surface area contributed by atoms with Gasteiger partial charge in [-0.1, -0.05) is 18.2 Å². The van der Waals surface area contributed by atoms with Gasteiger partial charge in [-0.2, -0.15) is 0 Å². The number of amides is 1. The molecule has 0 aliphatic heterocycles. The number of nitrogens with two attached hydrogens (primary N) is 1. The van der Waals surface area contributed by atoms with Crippen LogP contribution in [0.3, 0.4) is 0 Å². The van der Waals surface area contributed by atoms with Crippen molar-refractivity contribution < 1.29 is 4.79 Å². The van der Waals surface area contributed by atoms with Gasteiger partial charge in [0, 0.05) is 29.1 Å². The van der Waals surface area contributed by atoms with Crippen LogP contribution in [0.1, 0.15) is 10.5 Å². The van der Waals surface area contributed by atoms with E-state index in [9.17, 15) is 4.79 Å². The Balaban J connectivity index is 1.80. The molecule has 0 bridgehead atoms. The zero-order chi connectivity index (χ0) is 13.5. The molecule has 0 radical (unpaired) electrons. The van der Waals surface area contributed by atoms with Gasteiger partial charge in [0.1, 0.15) is 5.69 Å². The minimum atomic E-state index is -0.512. The Bertz CT molecular complexity index is 545. The highest BCUT2D eigenvalue weighted by Crippen LogP contribution is 2.16. The summed E-state index contributed by atoms with van der Waals surface area (Å²) in [5.41, 5.74) is 6.32. The van der Waals surface area contributed by atoms with Gasteiger partial charge in [-0.3, -0.25) is 9.78 Å². The molecule has 2 rings (SSSR count). The number of nitrogens with one attached hydrogen (secondary N) is 1. The highest BCUT2D eigenvalue weighted by atomic mass is 32.2. The lowest BCUT2D eigenvalue weighted by molar-refractivity contribution is 0.0995. The highest BCUT2D eigenvalue weighted by molar-refractivity contribution is 7.99. The number of thioether (sulfide) groups is 1. The summed E-state index contributed by atoms with van der Waals surface area (Å²) in [6.45, 7) is 0.807. The molecule has 1 aromatic carbocycles. The second-order valence-corrected chi connectivity index (χ2v) is 5.05. The van der Waals surface area contributed by atoms with E-state index in [2.05, 4.69) is 22.4 Å². The van der Waals surface area contributed by atoms with E-state index in [1.807, 2.05) is 24.3 Å². The Labute approximate surface area is 116 Å². The van der Waals surface area contributed by atoms with Crippen molar-refractivity contribution in [3.8, 4) is 0 Å². The highest BCUT2D eigenvalue weighted by Gasteiger charge is 2.02. The summed E-state index contributed by atoms with van der Waals surface area (Å²) >= 11 is 1.78. The predicted molar refractivity (Wildman–Crippen MR) is 78.4 cm³/mol. The molecule has 0 aliphatic carbocycles. The van der Waals surface area contributed by atoms with Crippen LogP contribution >= 0.6 is 11.8 Å². The first-order valence-electron chi connectivity index (χ1n) is 5.93. The summed E-state index contributed by atoms with van der Waals surface area (Å²) in [7, 11) is 0. The van der Waals surface area contributed by atoms with Crippen LogP contribution in [-0.4, -0.2) is 23.2 Å². The van der Waals surface area contributed by atoms with E-state index < -0.39 is 5.91 Å². The Kier molecular flexibility index (Phi) is 4.80. The molecule has 0 saturated heterocycles. The molecule has 1 aromatic heterocycles. The largest absolute Gasteiger partial charge is 0.384 e. The molecule has 0 spiro atoms. The molecule has 19 heavy (non-hydrogen) atoms. The smallest absolute Gasteiger partial charge is 0.267 e. The zero-order valence-electron chi connectivity index (χ0n) is 10.4. The number of aromatic nitrogens is 1. The van der Waals surface area contributed by atoms with Crippen LogP contribution in [0.5, 0.6) is 0 Å². The normalized spacial score (nSPS) is 10.1. The summed E-state index contributed by atoms with van der Waals surface area (Å²) in [4.78, 5) is 16.1. The van der Waals surface area contributed by atoms with Gasteiger partial charge in [-0.05, 0) is 24.3 Å². The molecule has 1 amide bonds. The number of carbonyl (C=O) groups excluding carboxylic acids is 1. The quantitative estimate of drug-likeness (QED) is 0.626. The third kappa shape index (κ3) is 4.30. The average molecular weight is 273 g/mol. The maximum absolute atomic E-state index is 11.0. The van der Waals surface area contributed by atoms with Gasteiger partial charge in [-0.25, -0.2) is 0 Å². The van der Waals surface area contributed by atoms with Crippen molar-refractivity contribution in [3.05, 3.63) is 54.4 Å². The molecule has 0 unspecified atom stereocenters. The van der Waals surface area contributed by atoms with E-state index in [1.54, 1.807) is 24.0 Å². The fraction of sp³-hybridized carbons (Fsp3) is 0.143. The maximum atomic E-state index is 11.0. The second kappa shape index (κ2) is 6.80. The number of primary amides is 1. The lowest BCUT2D eigenvalue weighted by atomic mass is 10.3. The molecule has 0 atom stereocenters. The molecule has 1 heterocycles. The van der Waals surface area contributed by atoms with E-state index in [4.69, 9.17) is 5.73 Å². The number of anilines is 1. The van der Waals surface area contributed by atoms with Crippen LogP contribution in [0.15, 0.2) is 53.6 Å². The lowest BCUT2D eigenvalue weighted by Crippen LogP contribution is -2.13. The number of rotatable bonds is 6. The monoisotopic (exact) mass is 273 g/mol. The Morgan fingerprint density at radius 1 is 1.26 bits per heavy atom. The third-order valence-corrected chi connectivity index (χ3v) is 3.47. The van der Waals surface area contributed by atoms with Gasteiger partial charge in [-0.15, -0.1) is 11.8 Å². The Morgan fingerprint density at radius 3 is 2.79 bits per heavy atom. The molecular formula is C14H15N3OS. The molecule has 0 fully saturated rings. The fourth-order valence-electron chi connectivity index (χ4n) is 1.56. The molecule has 3 N–H and O–H groups in total. The molecule has 98 valence electrons. The van der Waals surface area contributed by atoms with E-state index in [-0.39, 0.29) is 5.69 Å². The summed E-state index contributed by atoms with van der Waals surface area (Å²) in [5.74, 6) is 0.431. The van der Waals surface area contributed by atoms with Crippen LogP contribution in [0, 0.1) is 0 Å². The second-order valence-electron chi connectivity index (χ2n) is 3.88. The van der Waals surface area contributed by atoms with Gasteiger partial charge in [0.2, 0.25) is 0 Å². The van der Waals surface area contributed by atoms with Crippen molar-refractivity contribution in [2.45, 2.75) is 4.90 Å². The number of benzene rings is 1. The van der Waals surface area contributed by atoms with Crippen LogP contribution in [-0.2, 0) is 0 Å². The van der Waals surface area contributed by atoms with Crippen molar-refractivity contribution in [1.82, 2.24) is 4.98 Å². The van der Waals surface area contributed by atoms with Crippen molar-refractivity contribution in [2.75, 3.05) is 17.6 Å². The van der Waals surface area contributed by atoms with Crippen LogP contribution in [0.25, 0.3) is 0 Å². The first kappa shape index (κ1) is 13.4. The number of hydrogen-bond donors (Lipinski definition) is 2. The SMILES string of the molecule is NC(=O)c1cc(NCCSc2ccccc2)ccn1. The van der Waals surface area contributed by atoms with E-state index in [0.29, 0.717) is 0 Å². The van der Waals surface area contributed by atoms with E-state index >= 15 is 0 Å². The molecule has 0 aliphatic rings. The average Bonchev–Trinajstić information content (AvgIpc) is 2.45.